The fraction of sp³-hybridized carbons (Fsp3) is 0.942. The summed E-state index contributed by atoms with van der Waals surface area (Å²) in [6.07, 6.45) is 39.1. The van der Waals surface area contributed by atoms with Crippen LogP contribution in [0.25, 0.3) is 0 Å². The molecule has 3 saturated carbocycles. The van der Waals surface area contributed by atoms with E-state index in [9.17, 15) is 14.4 Å². The molecular weight excluding hydrogens is 751 g/mol. The van der Waals surface area contributed by atoms with Crippen LogP contribution in [0, 0.1) is 29.6 Å². The molecule has 3 aliphatic carbocycles. The average molecular weight is 842 g/mol. The minimum absolute atomic E-state index is 0.00906. The Morgan fingerprint density at radius 1 is 0.533 bits per heavy atom. The van der Waals surface area contributed by atoms with Gasteiger partial charge >= 0.3 is 17.9 Å². The molecule has 5 fully saturated rings. The van der Waals surface area contributed by atoms with Crippen LogP contribution in [0.4, 0.5) is 0 Å². The van der Waals surface area contributed by atoms with Crippen molar-refractivity contribution in [3.05, 3.63) is 0 Å². The van der Waals surface area contributed by atoms with Crippen molar-refractivity contribution >= 4 is 17.9 Å². The lowest BCUT2D eigenvalue weighted by molar-refractivity contribution is -0.169. The van der Waals surface area contributed by atoms with E-state index in [0.717, 1.165) is 88.1 Å². The second kappa shape index (κ2) is 28.9. The van der Waals surface area contributed by atoms with Gasteiger partial charge in [0.25, 0.3) is 0 Å². The number of esters is 3. The Hall–Kier alpha value is -1.67. The van der Waals surface area contributed by atoms with Gasteiger partial charge in [0.05, 0.1) is 12.5 Å². The minimum Gasteiger partial charge on any atom is -0.463 e. The van der Waals surface area contributed by atoms with Gasteiger partial charge in [0.1, 0.15) is 12.7 Å². The highest BCUT2D eigenvalue weighted by atomic mass is 16.6. The van der Waals surface area contributed by atoms with Gasteiger partial charge in [-0.1, -0.05) is 168 Å². The number of hydrogen-bond acceptors (Lipinski definition) is 8. The normalized spacial score (nSPS) is 26.6. The highest BCUT2D eigenvalue weighted by Gasteiger charge is 2.44. The number of ether oxygens (including phenoxy) is 4. The molecule has 8 heteroatoms. The van der Waals surface area contributed by atoms with Crippen molar-refractivity contribution in [3.63, 3.8) is 0 Å². The summed E-state index contributed by atoms with van der Waals surface area (Å²) >= 11 is 0. The van der Waals surface area contributed by atoms with Gasteiger partial charge in [-0.05, 0) is 88.1 Å². The zero-order valence-electron chi connectivity index (χ0n) is 38.9. The Kier molecular flexibility index (Phi) is 23.8. The van der Waals surface area contributed by atoms with Gasteiger partial charge < -0.3 is 23.8 Å². The summed E-state index contributed by atoms with van der Waals surface area (Å²) in [5, 5.41) is 0. The number of unbranched alkanes of at least 4 members (excludes halogenated alkanes) is 18. The molecule has 0 spiro atoms. The van der Waals surface area contributed by atoms with Gasteiger partial charge in [-0.25, -0.2) is 0 Å². The Morgan fingerprint density at radius 3 is 1.43 bits per heavy atom. The Balaban J connectivity index is 0.928. The second-order valence-corrected chi connectivity index (χ2v) is 20.3. The van der Waals surface area contributed by atoms with Gasteiger partial charge in [-0.15, -0.1) is 0 Å². The molecule has 7 atom stereocenters. The fourth-order valence-electron chi connectivity index (χ4n) is 10.5. The van der Waals surface area contributed by atoms with Crippen LogP contribution < -0.4 is 0 Å². The lowest BCUT2D eigenvalue weighted by Gasteiger charge is -2.31. The van der Waals surface area contributed by atoms with Crippen molar-refractivity contribution in [1.82, 2.24) is 4.90 Å². The molecule has 0 N–H and O–H groups in total. The molecule has 0 amide bonds. The maximum atomic E-state index is 13.2. The monoisotopic (exact) mass is 842 g/mol. The smallest absolute Gasteiger partial charge is 0.309 e. The van der Waals surface area contributed by atoms with Crippen LogP contribution in [0.3, 0.4) is 0 Å². The summed E-state index contributed by atoms with van der Waals surface area (Å²) in [5.74, 6) is 3.07. The first kappa shape index (κ1) is 49.3. The Morgan fingerprint density at radius 2 is 0.967 bits per heavy atom. The van der Waals surface area contributed by atoms with E-state index in [1.165, 1.54) is 154 Å². The van der Waals surface area contributed by atoms with Gasteiger partial charge in [0.15, 0.2) is 12.2 Å². The maximum Gasteiger partial charge on any atom is 0.309 e. The van der Waals surface area contributed by atoms with Crippen molar-refractivity contribution in [2.45, 2.75) is 257 Å². The van der Waals surface area contributed by atoms with Crippen molar-refractivity contribution in [3.8, 4) is 0 Å². The van der Waals surface area contributed by atoms with Gasteiger partial charge in [0.2, 0.25) is 0 Å². The third-order valence-electron chi connectivity index (χ3n) is 15.0. The molecule has 2 saturated heterocycles. The number of rotatable bonds is 36. The van der Waals surface area contributed by atoms with Crippen molar-refractivity contribution in [2.75, 3.05) is 26.3 Å². The molecule has 0 radical (unpaired) electrons. The first-order chi connectivity index (χ1) is 29.4. The number of piperidine rings is 1. The SMILES string of the molecule is CCCCCCCCC1CC1CCCCCCCC(=O)O[C@H]1COC(COC(=O)C2CCN(C3CC3)CC2)[C@@H]1OC(=O)CCCCCCCC1CC1CCCCCCCC. The van der Waals surface area contributed by atoms with Gasteiger partial charge in [-0.3, -0.25) is 14.4 Å². The molecule has 0 aromatic heterocycles. The van der Waals surface area contributed by atoms with E-state index in [0.29, 0.717) is 18.9 Å². The van der Waals surface area contributed by atoms with E-state index in [1.807, 2.05) is 0 Å². The van der Waals surface area contributed by atoms with Crippen LogP contribution in [0.2, 0.25) is 0 Å². The maximum absolute atomic E-state index is 13.2. The van der Waals surface area contributed by atoms with E-state index >= 15 is 0 Å². The summed E-state index contributed by atoms with van der Waals surface area (Å²) in [6, 6.07) is 0.716. The molecule has 2 heterocycles. The number of likely N-dealkylation sites (tertiary alicyclic amines) is 1. The molecule has 5 aliphatic rings. The van der Waals surface area contributed by atoms with Gasteiger partial charge in [0, 0.05) is 18.9 Å². The highest BCUT2D eigenvalue weighted by molar-refractivity contribution is 5.73. The average Bonchev–Trinajstić information content (AvgIpc) is 4.18. The van der Waals surface area contributed by atoms with Crippen LogP contribution >= 0.6 is 0 Å². The van der Waals surface area contributed by atoms with Crippen LogP contribution in [0.1, 0.15) is 232 Å². The molecule has 0 aromatic rings. The zero-order valence-corrected chi connectivity index (χ0v) is 38.9. The molecule has 0 bridgehead atoms. The van der Waals surface area contributed by atoms with Crippen molar-refractivity contribution in [1.29, 1.82) is 0 Å². The molecule has 5 rings (SSSR count). The van der Waals surface area contributed by atoms with Crippen molar-refractivity contribution in [2.24, 2.45) is 29.6 Å². The summed E-state index contributed by atoms with van der Waals surface area (Å²) in [6.45, 7) is 6.62. The molecule has 0 aromatic carbocycles. The van der Waals surface area contributed by atoms with E-state index in [-0.39, 0.29) is 37.0 Å². The first-order valence-electron chi connectivity index (χ1n) is 26.4. The third-order valence-corrected chi connectivity index (χ3v) is 15.0. The van der Waals surface area contributed by atoms with Crippen LogP contribution in [-0.2, 0) is 33.3 Å². The van der Waals surface area contributed by atoms with E-state index in [1.54, 1.807) is 0 Å². The number of carbonyl (C=O) groups excluding carboxylic acids is 3. The molecule has 346 valence electrons. The summed E-state index contributed by atoms with van der Waals surface area (Å²) < 4.78 is 23.7. The third kappa shape index (κ3) is 19.8. The lowest BCUT2D eigenvalue weighted by Crippen LogP contribution is -2.41. The van der Waals surface area contributed by atoms with E-state index < -0.39 is 18.3 Å². The Labute approximate surface area is 367 Å². The predicted octanol–water partition coefficient (Wildman–Crippen LogP) is 12.9. The largest absolute Gasteiger partial charge is 0.463 e. The molecular formula is C52H91NO7. The highest BCUT2D eigenvalue weighted by Crippen LogP contribution is 2.46. The number of nitrogens with zero attached hydrogens (tertiary/aromatic N) is 1. The molecule has 5 unspecified atom stereocenters. The molecule has 2 aliphatic heterocycles. The second-order valence-electron chi connectivity index (χ2n) is 20.3. The fourth-order valence-corrected chi connectivity index (χ4v) is 10.5. The van der Waals surface area contributed by atoms with Crippen LogP contribution in [-0.4, -0.2) is 73.5 Å². The van der Waals surface area contributed by atoms with E-state index in [4.69, 9.17) is 18.9 Å². The minimum atomic E-state index is -0.763. The molecule has 60 heavy (non-hydrogen) atoms. The van der Waals surface area contributed by atoms with Gasteiger partial charge in [-0.2, -0.15) is 0 Å². The summed E-state index contributed by atoms with van der Waals surface area (Å²) in [4.78, 5) is 41.7. The summed E-state index contributed by atoms with van der Waals surface area (Å²) in [5.41, 5.74) is 0. The standard InChI is InChI=1S/C52H91NO7/c1-3-5-7-9-13-19-25-42-37-44(42)27-21-15-11-17-23-29-49(54)59-48-40-57-47(39-58-52(56)41-33-35-53(36-34-41)46-31-32-46)51(48)60-50(55)30-24-18-12-16-22-28-45-38-43(45)26-20-14-10-8-6-4-2/h41-48,51H,3-40H2,1-2H3/t42?,43?,44?,45?,47?,48-,51-/m0/s1. The number of carbonyl (C=O) groups is 3. The quantitative estimate of drug-likeness (QED) is 0.0350. The first-order valence-corrected chi connectivity index (χ1v) is 26.4. The van der Waals surface area contributed by atoms with Crippen molar-refractivity contribution < 1.29 is 33.3 Å². The number of hydrogen-bond donors (Lipinski definition) is 0. The molecule has 8 nitrogen and oxygen atoms in total. The predicted molar refractivity (Wildman–Crippen MR) is 242 cm³/mol. The zero-order chi connectivity index (χ0) is 42.2. The topological polar surface area (TPSA) is 91.4 Å². The van der Waals surface area contributed by atoms with Crippen LogP contribution in [0.5, 0.6) is 0 Å². The Bertz CT molecular complexity index is 1180. The summed E-state index contributed by atoms with van der Waals surface area (Å²) in [7, 11) is 0. The lowest BCUT2D eigenvalue weighted by atomic mass is 9.97. The van der Waals surface area contributed by atoms with Crippen LogP contribution in [0.15, 0.2) is 0 Å². The van der Waals surface area contributed by atoms with E-state index in [2.05, 4.69) is 18.7 Å².